The Bertz CT molecular complexity index is 503. The maximum absolute atomic E-state index is 9.78. The van der Waals surface area contributed by atoms with Crippen molar-refractivity contribution in [1.29, 1.82) is 0 Å². The predicted octanol–water partition coefficient (Wildman–Crippen LogP) is 4.31. The lowest BCUT2D eigenvalue weighted by Crippen LogP contribution is -1.90. The number of phenols is 1. The first-order valence-corrected chi connectivity index (χ1v) is 6.53. The third-order valence-corrected chi connectivity index (χ3v) is 3.36. The summed E-state index contributed by atoms with van der Waals surface area (Å²) in [5, 5.41) is 9.78. The fourth-order valence-electron chi connectivity index (χ4n) is 1.81. The number of rotatable bonds is 3. The van der Waals surface area contributed by atoms with E-state index in [0.29, 0.717) is 5.75 Å². The van der Waals surface area contributed by atoms with Gasteiger partial charge in [-0.3, -0.25) is 0 Å². The van der Waals surface area contributed by atoms with Crippen LogP contribution in [0.2, 0.25) is 0 Å². The zero-order chi connectivity index (χ0) is 12.3. The number of aryl methyl sites for hydroxylation is 1. The number of hydrogen-bond donors (Lipinski definition) is 1. The molecule has 0 aliphatic heterocycles. The molecule has 0 aliphatic carbocycles. The summed E-state index contributed by atoms with van der Waals surface area (Å²) in [4.78, 5) is 0. The standard InChI is InChI=1S/C15H15BrO/c1-2-11-3-5-12(6-4-11)9-13-10-14(16)7-8-15(13)17/h3-8,10,17H,2,9H2,1H3. The van der Waals surface area contributed by atoms with Gasteiger partial charge in [-0.25, -0.2) is 0 Å². The predicted molar refractivity (Wildman–Crippen MR) is 74.4 cm³/mol. The lowest BCUT2D eigenvalue weighted by Gasteiger charge is -2.06. The van der Waals surface area contributed by atoms with Gasteiger partial charge in [-0.2, -0.15) is 0 Å². The van der Waals surface area contributed by atoms with E-state index in [1.807, 2.05) is 12.1 Å². The van der Waals surface area contributed by atoms with Gasteiger partial charge >= 0.3 is 0 Å². The number of phenolic OH excluding ortho intramolecular Hbond substituents is 1. The molecule has 0 bridgehead atoms. The fourth-order valence-corrected chi connectivity index (χ4v) is 2.22. The van der Waals surface area contributed by atoms with Gasteiger partial charge in [-0.05, 0) is 41.3 Å². The molecule has 0 saturated heterocycles. The Kier molecular flexibility index (Phi) is 3.85. The van der Waals surface area contributed by atoms with Gasteiger partial charge < -0.3 is 5.11 Å². The van der Waals surface area contributed by atoms with E-state index in [0.717, 1.165) is 22.9 Å². The highest BCUT2D eigenvalue weighted by Gasteiger charge is 2.03. The topological polar surface area (TPSA) is 20.2 Å². The van der Waals surface area contributed by atoms with Crippen molar-refractivity contribution in [3.8, 4) is 5.75 Å². The molecule has 0 amide bonds. The van der Waals surface area contributed by atoms with Gasteiger partial charge in [0.15, 0.2) is 0 Å². The van der Waals surface area contributed by atoms with Gasteiger partial charge in [0.1, 0.15) is 5.75 Å². The zero-order valence-corrected chi connectivity index (χ0v) is 11.4. The molecule has 0 atom stereocenters. The van der Waals surface area contributed by atoms with Crippen molar-refractivity contribution in [3.63, 3.8) is 0 Å². The van der Waals surface area contributed by atoms with Crippen molar-refractivity contribution >= 4 is 15.9 Å². The molecule has 17 heavy (non-hydrogen) atoms. The van der Waals surface area contributed by atoms with Crippen LogP contribution in [0.5, 0.6) is 5.75 Å². The number of aromatic hydroxyl groups is 1. The molecule has 0 saturated carbocycles. The van der Waals surface area contributed by atoms with Gasteiger partial charge in [0.05, 0.1) is 0 Å². The number of hydrogen-bond acceptors (Lipinski definition) is 1. The molecule has 0 heterocycles. The van der Waals surface area contributed by atoms with Crippen LogP contribution >= 0.6 is 15.9 Å². The molecular weight excluding hydrogens is 276 g/mol. The quantitative estimate of drug-likeness (QED) is 0.893. The van der Waals surface area contributed by atoms with Crippen LogP contribution in [0.4, 0.5) is 0 Å². The van der Waals surface area contributed by atoms with Crippen LogP contribution in [-0.2, 0) is 12.8 Å². The lowest BCUT2D eigenvalue weighted by molar-refractivity contribution is 0.469. The maximum Gasteiger partial charge on any atom is 0.119 e. The van der Waals surface area contributed by atoms with Crippen LogP contribution in [0.3, 0.4) is 0 Å². The van der Waals surface area contributed by atoms with E-state index in [2.05, 4.69) is 47.1 Å². The molecule has 0 aliphatic rings. The normalized spacial score (nSPS) is 10.5. The Morgan fingerprint density at radius 3 is 2.29 bits per heavy atom. The average Bonchev–Trinajstić information content (AvgIpc) is 2.35. The fraction of sp³-hybridized carbons (Fsp3) is 0.200. The Morgan fingerprint density at radius 1 is 1.00 bits per heavy atom. The molecule has 1 N–H and O–H groups in total. The second-order valence-corrected chi connectivity index (χ2v) is 5.04. The van der Waals surface area contributed by atoms with Gasteiger partial charge in [0.2, 0.25) is 0 Å². The summed E-state index contributed by atoms with van der Waals surface area (Å²) in [6.45, 7) is 2.15. The van der Waals surface area contributed by atoms with E-state index in [1.54, 1.807) is 6.07 Å². The average molecular weight is 291 g/mol. The van der Waals surface area contributed by atoms with Crippen molar-refractivity contribution in [2.45, 2.75) is 19.8 Å². The SMILES string of the molecule is CCc1ccc(Cc2cc(Br)ccc2O)cc1. The summed E-state index contributed by atoms with van der Waals surface area (Å²) in [5.41, 5.74) is 3.51. The van der Waals surface area contributed by atoms with E-state index >= 15 is 0 Å². The molecule has 0 radical (unpaired) electrons. The molecule has 1 nitrogen and oxygen atoms in total. The van der Waals surface area contributed by atoms with Gasteiger partial charge in [0.25, 0.3) is 0 Å². The minimum Gasteiger partial charge on any atom is -0.508 e. The first kappa shape index (κ1) is 12.2. The summed E-state index contributed by atoms with van der Waals surface area (Å²) in [5.74, 6) is 0.354. The first-order chi connectivity index (χ1) is 8.19. The number of halogens is 1. The molecule has 0 unspecified atom stereocenters. The Balaban J connectivity index is 2.22. The van der Waals surface area contributed by atoms with E-state index in [-0.39, 0.29) is 0 Å². The van der Waals surface area contributed by atoms with Crippen LogP contribution in [0.1, 0.15) is 23.6 Å². The molecule has 0 aromatic heterocycles. The Morgan fingerprint density at radius 2 is 1.65 bits per heavy atom. The number of benzene rings is 2. The minimum atomic E-state index is 0.354. The molecule has 2 aromatic rings. The minimum absolute atomic E-state index is 0.354. The molecule has 2 rings (SSSR count). The van der Waals surface area contributed by atoms with Crippen molar-refractivity contribution in [2.75, 3.05) is 0 Å². The second kappa shape index (κ2) is 5.37. The van der Waals surface area contributed by atoms with E-state index < -0.39 is 0 Å². The third kappa shape index (κ3) is 3.10. The summed E-state index contributed by atoms with van der Waals surface area (Å²) < 4.78 is 0.996. The maximum atomic E-state index is 9.78. The Hall–Kier alpha value is -1.28. The molecule has 0 spiro atoms. The van der Waals surface area contributed by atoms with E-state index in [1.165, 1.54) is 11.1 Å². The van der Waals surface area contributed by atoms with Gasteiger partial charge in [-0.15, -0.1) is 0 Å². The second-order valence-electron chi connectivity index (χ2n) is 4.12. The van der Waals surface area contributed by atoms with Gasteiger partial charge in [0, 0.05) is 10.9 Å². The van der Waals surface area contributed by atoms with Crippen LogP contribution in [0, 0.1) is 0 Å². The highest BCUT2D eigenvalue weighted by atomic mass is 79.9. The van der Waals surface area contributed by atoms with Crippen LogP contribution in [0.25, 0.3) is 0 Å². The molecule has 2 heteroatoms. The van der Waals surface area contributed by atoms with E-state index in [4.69, 9.17) is 0 Å². The summed E-state index contributed by atoms with van der Waals surface area (Å²) in [6.07, 6.45) is 1.82. The van der Waals surface area contributed by atoms with Crippen molar-refractivity contribution in [3.05, 3.63) is 63.6 Å². The monoisotopic (exact) mass is 290 g/mol. The summed E-state index contributed by atoms with van der Waals surface area (Å²) >= 11 is 3.42. The smallest absolute Gasteiger partial charge is 0.119 e. The summed E-state index contributed by atoms with van der Waals surface area (Å²) in [6, 6.07) is 14.1. The molecule has 0 fully saturated rings. The van der Waals surface area contributed by atoms with Crippen LogP contribution in [0.15, 0.2) is 46.9 Å². The third-order valence-electron chi connectivity index (χ3n) is 2.87. The lowest BCUT2D eigenvalue weighted by atomic mass is 10.0. The first-order valence-electron chi connectivity index (χ1n) is 5.74. The highest BCUT2D eigenvalue weighted by molar-refractivity contribution is 9.10. The zero-order valence-electron chi connectivity index (χ0n) is 9.78. The highest BCUT2D eigenvalue weighted by Crippen LogP contribution is 2.24. The van der Waals surface area contributed by atoms with Crippen molar-refractivity contribution in [2.24, 2.45) is 0 Å². The molecule has 2 aromatic carbocycles. The van der Waals surface area contributed by atoms with Crippen LogP contribution in [-0.4, -0.2) is 5.11 Å². The van der Waals surface area contributed by atoms with Gasteiger partial charge in [-0.1, -0.05) is 47.1 Å². The van der Waals surface area contributed by atoms with Crippen molar-refractivity contribution in [1.82, 2.24) is 0 Å². The molecular formula is C15H15BrO. The van der Waals surface area contributed by atoms with E-state index in [9.17, 15) is 5.11 Å². The van der Waals surface area contributed by atoms with Crippen LogP contribution < -0.4 is 0 Å². The van der Waals surface area contributed by atoms with Crippen molar-refractivity contribution < 1.29 is 5.11 Å². The summed E-state index contributed by atoms with van der Waals surface area (Å²) in [7, 11) is 0. The Labute approximate surface area is 110 Å². The molecule has 88 valence electrons. The largest absolute Gasteiger partial charge is 0.508 e.